The Bertz CT molecular complexity index is 654. The second-order valence-electron chi connectivity index (χ2n) is 5.93. The minimum absolute atomic E-state index is 0.147. The number of anilines is 2. The number of aromatic nitrogens is 1. The zero-order valence-corrected chi connectivity index (χ0v) is 15.1. The number of pyridine rings is 1. The van der Waals surface area contributed by atoms with E-state index in [1.165, 1.54) is 0 Å². The number of nitrogens with zero attached hydrogens (tertiary/aromatic N) is 2. The summed E-state index contributed by atoms with van der Waals surface area (Å²) in [5.74, 6) is 0.693. The lowest BCUT2D eigenvalue weighted by molar-refractivity contribution is 0.0947. The minimum atomic E-state index is -0.147. The molecule has 0 aliphatic heterocycles. The van der Waals surface area contributed by atoms with E-state index in [-0.39, 0.29) is 5.91 Å². The number of hydrogen-bond acceptors (Lipinski definition) is 5. The predicted octanol–water partition coefficient (Wildman–Crippen LogP) is 2.91. The monoisotopic (exact) mass is 342 g/mol. The van der Waals surface area contributed by atoms with Crippen LogP contribution in [0.25, 0.3) is 0 Å². The number of rotatable bonds is 9. The lowest BCUT2D eigenvalue weighted by Gasteiger charge is -2.10. The van der Waals surface area contributed by atoms with Gasteiger partial charge in [0.2, 0.25) is 0 Å². The quantitative estimate of drug-likeness (QED) is 0.686. The van der Waals surface area contributed by atoms with Gasteiger partial charge in [-0.05, 0) is 70.4 Å². The Balaban J connectivity index is 1.85. The first-order valence-electron chi connectivity index (χ1n) is 8.47. The molecule has 2 rings (SSSR count). The van der Waals surface area contributed by atoms with Crippen LogP contribution in [0.15, 0.2) is 42.6 Å². The summed E-state index contributed by atoms with van der Waals surface area (Å²) in [6.07, 6.45) is 2.57. The normalized spacial score (nSPS) is 10.6. The van der Waals surface area contributed by atoms with Crippen molar-refractivity contribution in [3.05, 3.63) is 48.3 Å². The summed E-state index contributed by atoms with van der Waals surface area (Å²) < 4.78 is 5.42. The van der Waals surface area contributed by atoms with Gasteiger partial charge in [-0.3, -0.25) is 4.79 Å². The van der Waals surface area contributed by atoms with E-state index in [1.54, 1.807) is 12.3 Å². The first-order valence-corrected chi connectivity index (χ1v) is 8.47. The fraction of sp³-hybridized carbons (Fsp3) is 0.368. The van der Waals surface area contributed by atoms with Crippen molar-refractivity contribution in [3.8, 4) is 5.75 Å². The fourth-order valence-electron chi connectivity index (χ4n) is 2.26. The number of carbonyl (C=O) groups excluding carboxylic acids is 1. The third-order valence-electron chi connectivity index (χ3n) is 3.52. The van der Waals surface area contributed by atoms with Gasteiger partial charge in [0.15, 0.2) is 0 Å². The van der Waals surface area contributed by atoms with Crippen LogP contribution in [-0.4, -0.2) is 49.6 Å². The molecule has 1 aromatic carbocycles. The maximum Gasteiger partial charge on any atom is 0.269 e. The number of nitrogens with one attached hydrogen (secondary N) is 2. The maximum absolute atomic E-state index is 12.0. The predicted molar refractivity (Wildman–Crippen MR) is 101 cm³/mol. The van der Waals surface area contributed by atoms with Gasteiger partial charge in [-0.1, -0.05) is 0 Å². The molecule has 134 valence electrons. The van der Waals surface area contributed by atoms with Gasteiger partial charge in [0, 0.05) is 12.2 Å². The minimum Gasteiger partial charge on any atom is -0.494 e. The molecule has 6 nitrogen and oxygen atoms in total. The van der Waals surface area contributed by atoms with E-state index in [0.717, 1.165) is 30.1 Å². The third kappa shape index (κ3) is 6.43. The number of ether oxygens (including phenoxy) is 1. The number of benzene rings is 1. The van der Waals surface area contributed by atoms with E-state index >= 15 is 0 Å². The molecule has 1 aromatic heterocycles. The number of carbonyl (C=O) groups is 1. The van der Waals surface area contributed by atoms with Crippen molar-refractivity contribution >= 4 is 17.3 Å². The Hall–Kier alpha value is -2.60. The summed E-state index contributed by atoms with van der Waals surface area (Å²) in [6, 6.07) is 11.3. The van der Waals surface area contributed by atoms with Crippen LogP contribution in [0.1, 0.15) is 23.8 Å². The number of amides is 1. The van der Waals surface area contributed by atoms with Crippen LogP contribution in [0.2, 0.25) is 0 Å². The molecule has 0 unspecified atom stereocenters. The molecule has 1 heterocycles. The first-order chi connectivity index (χ1) is 12.1. The summed E-state index contributed by atoms with van der Waals surface area (Å²) in [7, 11) is 4.03. The topological polar surface area (TPSA) is 66.5 Å². The van der Waals surface area contributed by atoms with Gasteiger partial charge in [0.05, 0.1) is 18.5 Å². The molecule has 0 saturated carbocycles. The SMILES string of the molecule is CCOc1ccc(Nc2ccc(C(=O)NCCCN(C)C)nc2)cc1. The highest BCUT2D eigenvalue weighted by molar-refractivity contribution is 5.92. The van der Waals surface area contributed by atoms with Crippen molar-refractivity contribution in [1.82, 2.24) is 15.2 Å². The van der Waals surface area contributed by atoms with Crippen LogP contribution in [0.5, 0.6) is 5.75 Å². The zero-order chi connectivity index (χ0) is 18.1. The average Bonchev–Trinajstić information content (AvgIpc) is 2.61. The van der Waals surface area contributed by atoms with Crippen LogP contribution in [0.3, 0.4) is 0 Å². The zero-order valence-electron chi connectivity index (χ0n) is 15.1. The fourth-order valence-corrected chi connectivity index (χ4v) is 2.26. The Morgan fingerprint density at radius 3 is 2.44 bits per heavy atom. The van der Waals surface area contributed by atoms with E-state index in [2.05, 4.69) is 20.5 Å². The van der Waals surface area contributed by atoms with Crippen molar-refractivity contribution in [2.75, 3.05) is 39.1 Å². The van der Waals surface area contributed by atoms with Gasteiger partial charge in [-0.25, -0.2) is 4.98 Å². The summed E-state index contributed by atoms with van der Waals surface area (Å²) in [6.45, 7) is 4.19. The van der Waals surface area contributed by atoms with E-state index in [0.29, 0.717) is 18.8 Å². The van der Waals surface area contributed by atoms with Gasteiger partial charge in [-0.15, -0.1) is 0 Å². The van der Waals surface area contributed by atoms with Crippen molar-refractivity contribution < 1.29 is 9.53 Å². The van der Waals surface area contributed by atoms with E-state index in [1.807, 2.05) is 51.4 Å². The van der Waals surface area contributed by atoms with E-state index in [4.69, 9.17) is 4.74 Å². The highest BCUT2D eigenvalue weighted by atomic mass is 16.5. The molecule has 0 aliphatic rings. The largest absolute Gasteiger partial charge is 0.494 e. The smallest absolute Gasteiger partial charge is 0.269 e. The van der Waals surface area contributed by atoms with Crippen LogP contribution in [-0.2, 0) is 0 Å². The van der Waals surface area contributed by atoms with Crippen molar-refractivity contribution in [2.45, 2.75) is 13.3 Å². The Labute approximate surface area is 149 Å². The Morgan fingerprint density at radius 1 is 1.12 bits per heavy atom. The van der Waals surface area contributed by atoms with Gasteiger partial charge >= 0.3 is 0 Å². The van der Waals surface area contributed by atoms with E-state index < -0.39 is 0 Å². The Morgan fingerprint density at radius 2 is 1.84 bits per heavy atom. The molecule has 0 saturated heterocycles. The van der Waals surface area contributed by atoms with Crippen LogP contribution in [0, 0.1) is 0 Å². The molecule has 0 bridgehead atoms. The molecule has 0 aliphatic carbocycles. The average molecular weight is 342 g/mol. The third-order valence-corrected chi connectivity index (χ3v) is 3.52. The molecular weight excluding hydrogens is 316 g/mol. The standard InChI is InChI=1S/C19H26N4O2/c1-4-25-17-9-6-15(7-10-17)22-16-8-11-18(21-14-16)19(24)20-12-5-13-23(2)3/h6-11,14,22H,4-5,12-13H2,1-3H3,(H,20,24). The molecule has 0 atom stereocenters. The molecular formula is C19H26N4O2. The van der Waals surface area contributed by atoms with Gasteiger partial charge < -0.3 is 20.3 Å². The lowest BCUT2D eigenvalue weighted by atomic mass is 10.2. The van der Waals surface area contributed by atoms with Crippen molar-refractivity contribution in [2.24, 2.45) is 0 Å². The number of hydrogen-bond donors (Lipinski definition) is 2. The van der Waals surface area contributed by atoms with Gasteiger partial charge in [0.1, 0.15) is 11.4 Å². The van der Waals surface area contributed by atoms with Crippen molar-refractivity contribution in [1.29, 1.82) is 0 Å². The van der Waals surface area contributed by atoms with Crippen molar-refractivity contribution in [3.63, 3.8) is 0 Å². The second kappa shape index (κ2) is 9.64. The van der Waals surface area contributed by atoms with Gasteiger partial charge in [-0.2, -0.15) is 0 Å². The summed E-state index contributed by atoms with van der Waals surface area (Å²) >= 11 is 0. The molecule has 0 fully saturated rings. The Kier molecular flexibility index (Phi) is 7.22. The summed E-state index contributed by atoms with van der Waals surface area (Å²) in [5.41, 5.74) is 2.18. The maximum atomic E-state index is 12.0. The highest BCUT2D eigenvalue weighted by Crippen LogP contribution is 2.19. The molecule has 2 N–H and O–H groups in total. The van der Waals surface area contributed by atoms with Gasteiger partial charge in [0.25, 0.3) is 5.91 Å². The highest BCUT2D eigenvalue weighted by Gasteiger charge is 2.06. The first kappa shape index (κ1) is 18.7. The molecule has 25 heavy (non-hydrogen) atoms. The van der Waals surface area contributed by atoms with Crippen LogP contribution in [0.4, 0.5) is 11.4 Å². The van der Waals surface area contributed by atoms with Crippen LogP contribution >= 0.6 is 0 Å². The second-order valence-corrected chi connectivity index (χ2v) is 5.93. The molecule has 6 heteroatoms. The van der Waals surface area contributed by atoms with E-state index in [9.17, 15) is 4.79 Å². The van der Waals surface area contributed by atoms with Crippen LogP contribution < -0.4 is 15.4 Å². The molecule has 1 amide bonds. The molecule has 2 aromatic rings. The summed E-state index contributed by atoms with van der Waals surface area (Å²) in [4.78, 5) is 18.4. The molecule has 0 spiro atoms. The summed E-state index contributed by atoms with van der Waals surface area (Å²) in [5, 5.41) is 6.13. The lowest BCUT2D eigenvalue weighted by Crippen LogP contribution is -2.27. The molecule has 0 radical (unpaired) electrons.